The molecule has 0 atom stereocenters. The van der Waals surface area contributed by atoms with Crippen LogP contribution in [-0.4, -0.2) is 65.1 Å². The van der Waals surface area contributed by atoms with Crippen molar-refractivity contribution in [2.24, 2.45) is 0 Å². The molecule has 0 spiro atoms. The summed E-state index contributed by atoms with van der Waals surface area (Å²) in [5.74, 6) is 0.230. The fraction of sp³-hybridized carbons (Fsp3) is 0. The van der Waals surface area contributed by atoms with Gasteiger partial charge in [-0.2, -0.15) is 0 Å². The topological polar surface area (TPSA) is 26.3 Å². The summed E-state index contributed by atoms with van der Waals surface area (Å²) in [6.45, 7) is 0. The molecule has 0 aliphatic rings. The summed E-state index contributed by atoms with van der Waals surface area (Å²) >= 11 is 0. The van der Waals surface area contributed by atoms with E-state index in [0.29, 0.717) is 11.3 Å². The van der Waals surface area contributed by atoms with Crippen LogP contribution in [0.25, 0.3) is 0 Å². The zero-order valence-electron chi connectivity index (χ0n) is 8.09. The summed E-state index contributed by atoms with van der Waals surface area (Å²) in [5.41, 5.74) is 0.557. The molecule has 0 fully saturated rings. The average molecular weight is 246 g/mol. The molecule has 0 bridgehead atoms. The minimum atomic E-state index is -0.332. The van der Waals surface area contributed by atoms with Gasteiger partial charge in [0.05, 0.1) is 5.56 Å². The molecule has 2 aromatic rings. The molecule has 2 aromatic carbocycles. The van der Waals surface area contributed by atoms with E-state index in [1.165, 1.54) is 0 Å². The van der Waals surface area contributed by atoms with Gasteiger partial charge in [0.2, 0.25) is 0 Å². The van der Waals surface area contributed by atoms with Crippen LogP contribution in [-0.2, 0) is 0 Å². The Morgan fingerprint density at radius 1 is 0.765 bits per heavy atom. The maximum atomic E-state index is 11.6. The molecule has 78 valence electrons. The van der Waals surface area contributed by atoms with Crippen LogP contribution >= 0.6 is 0 Å². The van der Waals surface area contributed by atoms with Gasteiger partial charge in [-0.3, -0.25) is 0 Å². The number of benzene rings is 2. The van der Waals surface area contributed by atoms with Gasteiger partial charge in [-0.05, 0) is 24.3 Å². The second-order valence-electron chi connectivity index (χ2n) is 3.07. The van der Waals surface area contributed by atoms with Crippen molar-refractivity contribution < 1.29 is 9.53 Å². The van der Waals surface area contributed by atoms with Gasteiger partial charge in [-0.25, -0.2) is 4.79 Å². The molecule has 2 nitrogen and oxygen atoms in total. The fourth-order valence-corrected chi connectivity index (χ4v) is 1.23. The Hall–Kier alpha value is -0.0900. The molecule has 0 aromatic heterocycles. The third-order valence-electron chi connectivity index (χ3n) is 1.96. The van der Waals surface area contributed by atoms with E-state index in [1.807, 2.05) is 36.4 Å². The first kappa shape index (κ1) is 16.9. The van der Waals surface area contributed by atoms with Crippen LogP contribution < -0.4 is 4.74 Å². The van der Waals surface area contributed by atoms with Crippen molar-refractivity contribution in [3.05, 3.63) is 66.2 Å². The molecular weight excluding hydrogens is 234 g/mol. The summed E-state index contributed by atoms with van der Waals surface area (Å²) in [4.78, 5) is 11.6. The van der Waals surface area contributed by atoms with Gasteiger partial charge >= 0.3 is 65.1 Å². The molecule has 0 amide bonds. The monoisotopic (exact) mass is 246 g/mol. The van der Waals surface area contributed by atoms with Gasteiger partial charge < -0.3 is 4.74 Å². The number of carbonyl (C=O) groups is 1. The van der Waals surface area contributed by atoms with E-state index in [9.17, 15) is 4.79 Å². The SMILES string of the molecule is O=C(Oc1ccccc1)c1ccccc1.[NaH].[NaH]. The van der Waals surface area contributed by atoms with E-state index in [1.54, 1.807) is 24.3 Å². The summed E-state index contributed by atoms with van der Waals surface area (Å²) in [5, 5.41) is 0. The number of esters is 1. The molecular formula is C13H12Na2O2. The quantitative estimate of drug-likeness (QED) is 0.457. The van der Waals surface area contributed by atoms with Crippen LogP contribution in [0.1, 0.15) is 10.4 Å². The Balaban J connectivity index is 0.00000128. The Morgan fingerprint density at radius 3 is 1.76 bits per heavy atom. The van der Waals surface area contributed by atoms with Crippen molar-refractivity contribution in [3.8, 4) is 5.75 Å². The van der Waals surface area contributed by atoms with Crippen LogP contribution in [0, 0.1) is 0 Å². The molecule has 0 saturated heterocycles. The Morgan fingerprint density at radius 2 is 1.24 bits per heavy atom. The van der Waals surface area contributed by atoms with E-state index in [-0.39, 0.29) is 65.1 Å². The minimum absolute atomic E-state index is 0. The zero-order valence-corrected chi connectivity index (χ0v) is 8.09. The number of carbonyl (C=O) groups excluding carboxylic acids is 1. The first-order chi connectivity index (χ1) is 7.36. The molecule has 0 saturated carbocycles. The normalized spacial score (nSPS) is 8.47. The van der Waals surface area contributed by atoms with Crippen LogP contribution in [0.3, 0.4) is 0 Å². The Kier molecular flexibility index (Phi) is 8.88. The first-order valence-electron chi connectivity index (χ1n) is 4.68. The van der Waals surface area contributed by atoms with E-state index in [2.05, 4.69) is 0 Å². The van der Waals surface area contributed by atoms with Crippen molar-refractivity contribution in [1.82, 2.24) is 0 Å². The predicted molar refractivity (Wildman–Crippen MR) is 72.1 cm³/mol. The van der Waals surface area contributed by atoms with E-state index in [4.69, 9.17) is 4.74 Å². The summed E-state index contributed by atoms with van der Waals surface area (Å²) < 4.78 is 5.16. The van der Waals surface area contributed by atoms with Crippen molar-refractivity contribution >= 4 is 65.1 Å². The standard InChI is InChI=1S/C13H10O2.2Na.2H/c14-13(11-7-3-1-4-8-11)15-12-9-5-2-6-10-12;;;;/h1-10H;;;;. The van der Waals surface area contributed by atoms with Crippen molar-refractivity contribution in [1.29, 1.82) is 0 Å². The van der Waals surface area contributed by atoms with Crippen molar-refractivity contribution in [3.63, 3.8) is 0 Å². The van der Waals surface area contributed by atoms with Crippen molar-refractivity contribution in [2.45, 2.75) is 0 Å². The zero-order chi connectivity index (χ0) is 10.5. The van der Waals surface area contributed by atoms with Crippen LogP contribution in [0.15, 0.2) is 60.7 Å². The van der Waals surface area contributed by atoms with Gasteiger partial charge in [0, 0.05) is 0 Å². The van der Waals surface area contributed by atoms with Crippen LogP contribution in [0.5, 0.6) is 5.75 Å². The molecule has 2 rings (SSSR count). The molecule has 0 unspecified atom stereocenters. The third kappa shape index (κ3) is 5.38. The number of hydrogen-bond donors (Lipinski definition) is 0. The van der Waals surface area contributed by atoms with E-state index in [0.717, 1.165) is 0 Å². The molecule has 4 heteroatoms. The van der Waals surface area contributed by atoms with Crippen LogP contribution in [0.4, 0.5) is 0 Å². The van der Waals surface area contributed by atoms with Gasteiger partial charge in [-0.15, -0.1) is 0 Å². The second kappa shape index (κ2) is 8.92. The second-order valence-corrected chi connectivity index (χ2v) is 3.07. The number of rotatable bonds is 2. The molecule has 0 heterocycles. The maximum absolute atomic E-state index is 11.6. The number of para-hydroxylation sites is 1. The van der Waals surface area contributed by atoms with Crippen molar-refractivity contribution in [2.75, 3.05) is 0 Å². The summed E-state index contributed by atoms with van der Waals surface area (Å²) in [6.07, 6.45) is 0. The average Bonchev–Trinajstić information content (AvgIpc) is 2.31. The molecule has 0 aliphatic carbocycles. The fourth-order valence-electron chi connectivity index (χ4n) is 1.23. The first-order valence-corrected chi connectivity index (χ1v) is 4.68. The molecule has 0 N–H and O–H groups in total. The molecule has 0 radical (unpaired) electrons. The molecule has 0 aliphatic heterocycles. The van der Waals surface area contributed by atoms with Gasteiger partial charge in [0.1, 0.15) is 5.75 Å². The Bertz CT molecular complexity index is 443. The van der Waals surface area contributed by atoms with Gasteiger partial charge in [0.25, 0.3) is 0 Å². The Labute approximate surface area is 145 Å². The predicted octanol–water partition coefficient (Wildman–Crippen LogP) is 1.61. The number of ether oxygens (including phenoxy) is 1. The van der Waals surface area contributed by atoms with Crippen LogP contribution in [0.2, 0.25) is 0 Å². The number of hydrogen-bond acceptors (Lipinski definition) is 2. The van der Waals surface area contributed by atoms with E-state index >= 15 is 0 Å². The summed E-state index contributed by atoms with van der Waals surface area (Å²) in [7, 11) is 0. The van der Waals surface area contributed by atoms with Gasteiger partial charge in [0.15, 0.2) is 0 Å². The summed E-state index contributed by atoms with van der Waals surface area (Å²) in [6, 6.07) is 18.0. The third-order valence-corrected chi connectivity index (χ3v) is 1.96. The van der Waals surface area contributed by atoms with Gasteiger partial charge in [-0.1, -0.05) is 36.4 Å². The molecule has 17 heavy (non-hydrogen) atoms. The van der Waals surface area contributed by atoms with E-state index < -0.39 is 0 Å².